The zero-order valence-electron chi connectivity index (χ0n) is 19.1. The largest absolute Gasteiger partial charge is 0.324 e. The summed E-state index contributed by atoms with van der Waals surface area (Å²) in [7, 11) is -2.34. The molecule has 5 rings (SSSR count). The van der Waals surface area contributed by atoms with Gasteiger partial charge in [-0.15, -0.1) is 0 Å². The molecule has 0 bridgehead atoms. The summed E-state index contributed by atoms with van der Waals surface area (Å²) in [6.45, 7) is 1.88. The van der Waals surface area contributed by atoms with E-state index in [-0.39, 0.29) is 5.56 Å². The lowest BCUT2D eigenvalue weighted by atomic mass is 9.92. The van der Waals surface area contributed by atoms with Crippen LogP contribution in [0.25, 0.3) is 0 Å². The van der Waals surface area contributed by atoms with Gasteiger partial charge in [0, 0.05) is 34.5 Å². The second-order valence-electron chi connectivity index (χ2n) is 8.88. The Bertz CT molecular complexity index is 1410. The van der Waals surface area contributed by atoms with Crippen molar-refractivity contribution in [1.82, 2.24) is 20.3 Å². The molecule has 9 nitrogen and oxygen atoms in total. The Hall–Kier alpha value is -3.55. The van der Waals surface area contributed by atoms with Crippen molar-refractivity contribution in [3.63, 3.8) is 0 Å². The molecule has 1 aliphatic heterocycles. The Kier molecular flexibility index (Phi) is 5.89. The zero-order valence-corrected chi connectivity index (χ0v) is 19.9. The van der Waals surface area contributed by atoms with Crippen LogP contribution in [0.4, 0.5) is 29.1 Å². The summed E-state index contributed by atoms with van der Waals surface area (Å²) in [4.78, 5) is 13.3. The van der Waals surface area contributed by atoms with Crippen LogP contribution in [0.15, 0.2) is 40.9 Å². The Morgan fingerprint density at radius 3 is 2.82 bits per heavy atom. The first-order valence-corrected chi connectivity index (χ1v) is 13.5. The van der Waals surface area contributed by atoms with Crippen molar-refractivity contribution in [3.8, 4) is 6.07 Å². The number of nitrogens with zero attached hydrogens (tertiary/aromatic N) is 5. The Labute approximate surface area is 199 Å². The fourth-order valence-corrected chi connectivity index (χ4v) is 4.68. The Morgan fingerprint density at radius 1 is 1.21 bits per heavy atom. The molecule has 34 heavy (non-hydrogen) atoms. The van der Waals surface area contributed by atoms with Gasteiger partial charge in [0.1, 0.15) is 17.5 Å². The molecule has 0 atom stereocenters. The third kappa shape index (κ3) is 5.16. The summed E-state index contributed by atoms with van der Waals surface area (Å²) in [5.41, 5.74) is 5.46. The summed E-state index contributed by atoms with van der Waals surface area (Å²) in [6, 6.07) is 11.7. The van der Waals surface area contributed by atoms with Crippen LogP contribution in [-0.2, 0) is 22.7 Å². The first kappa shape index (κ1) is 22.3. The van der Waals surface area contributed by atoms with Gasteiger partial charge in [-0.1, -0.05) is 6.07 Å². The molecular formula is C24H26N8OS. The number of pyridine rings is 1. The Morgan fingerprint density at radius 2 is 2.06 bits per heavy atom. The van der Waals surface area contributed by atoms with Gasteiger partial charge in [-0.25, -0.2) is 14.2 Å². The number of hydrogen-bond donors (Lipinski definition) is 3. The van der Waals surface area contributed by atoms with Gasteiger partial charge in [0.15, 0.2) is 11.6 Å². The van der Waals surface area contributed by atoms with Crippen LogP contribution in [0.1, 0.15) is 41.0 Å². The fourth-order valence-electron chi connectivity index (χ4n) is 4.12. The number of nitrogens with one attached hydrogen (secondary N) is 3. The van der Waals surface area contributed by atoms with Gasteiger partial charge in [-0.3, -0.25) is 0 Å². The monoisotopic (exact) mass is 474 g/mol. The van der Waals surface area contributed by atoms with Gasteiger partial charge in [0.05, 0.1) is 6.20 Å². The van der Waals surface area contributed by atoms with Crippen LogP contribution >= 0.6 is 0 Å². The number of aromatic nitrogens is 3. The minimum absolute atomic E-state index is 0.290. The van der Waals surface area contributed by atoms with Crippen LogP contribution < -0.4 is 16.0 Å². The SMILES string of the molecule is CS(C)(=O)=Nc1cccc(Nc2nc(Nc3cc4c(c(C5CC5)c3)CCNC4)ncc2C#N)n1. The molecular weight excluding hydrogens is 448 g/mol. The maximum absolute atomic E-state index is 12.0. The lowest BCUT2D eigenvalue weighted by Gasteiger charge is -2.22. The number of hydrogen-bond acceptors (Lipinski definition) is 9. The first-order valence-electron chi connectivity index (χ1n) is 11.2. The molecule has 1 fully saturated rings. The molecule has 1 aliphatic carbocycles. The standard InChI is InChI=1S/C24H26N8OS/c1-34(2,33)32-22-5-3-4-21(29-22)30-23-17(12-25)14-27-24(31-23)28-18-10-16-13-26-9-8-19(16)20(11-18)15-6-7-15/h3-5,10-11,14-15,26H,6-9,13H2,1-2H3,(H2,27,28,29,30,31). The normalized spacial score (nSPS) is 15.2. The van der Waals surface area contributed by atoms with Crippen molar-refractivity contribution in [3.05, 3.63) is 58.8 Å². The second-order valence-corrected chi connectivity index (χ2v) is 11.4. The summed E-state index contributed by atoms with van der Waals surface area (Å²) in [6.07, 6.45) is 8.14. The number of rotatable bonds is 6. The van der Waals surface area contributed by atoms with Crippen LogP contribution in [0, 0.1) is 11.3 Å². The topological polar surface area (TPSA) is 128 Å². The number of fused-ring (bicyclic) bond motifs is 1. The second kappa shape index (κ2) is 9.00. The van der Waals surface area contributed by atoms with E-state index in [1.54, 1.807) is 30.7 Å². The molecule has 0 radical (unpaired) electrons. The van der Waals surface area contributed by atoms with Crippen molar-refractivity contribution >= 4 is 38.8 Å². The lowest BCUT2D eigenvalue weighted by molar-refractivity contribution is 0.639. The highest BCUT2D eigenvalue weighted by atomic mass is 32.2. The van der Waals surface area contributed by atoms with E-state index in [1.807, 2.05) is 0 Å². The minimum atomic E-state index is -2.34. The van der Waals surface area contributed by atoms with Crippen molar-refractivity contribution in [1.29, 1.82) is 5.26 Å². The molecule has 10 heteroatoms. The summed E-state index contributed by atoms with van der Waals surface area (Å²) in [5.74, 6) is 2.17. The average Bonchev–Trinajstić information content (AvgIpc) is 3.63. The van der Waals surface area contributed by atoms with E-state index in [4.69, 9.17) is 0 Å². The maximum Gasteiger partial charge on any atom is 0.229 e. The smallest absolute Gasteiger partial charge is 0.229 e. The van der Waals surface area contributed by atoms with E-state index in [1.165, 1.54) is 35.7 Å². The molecule has 3 N–H and O–H groups in total. The summed E-state index contributed by atoms with van der Waals surface area (Å²) >= 11 is 0. The molecule has 1 aromatic carbocycles. The van der Waals surface area contributed by atoms with Gasteiger partial charge in [-0.2, -0.15) is 14.6 Å². The van der Waals surface area contributed by atoms with Gasteiger partial charge >= 0.3 is 0 Å². The molecule has 0 saturated heterocycles. The quantitative estimate of drug-likeness (QED) is 0.487. The van der Waals surface area contributed by atoms with E-state index < -0.39 is 9.73 Å². The average molecular weight is 475 g/mol. The number of nitriles is 1. The summed E-state index contributed by atoms with van der Waals surface area (Å²) < 4.78 is 16.1. The molecule has 3 aromatic rings. The van der Waals surface area contributed by atoms with Crippen LogP contribution in [-0.4, -0.2) is 38.2 Å². The zero-order chi connectivity index (χ0) is 23.7. The van der Waals surface area contributed by atoms with E-state index in [0.29, 0.717) is 29.3 Å². The molecule has 0 unspecified atom stereocenters. The van der Waals surface area contributed by atoms with Crippen LogP contribution in [0.5, 0.6) is 0 Å². The molecule has 1 saturated carbocycles. The molecule has 0 amide bonds. The number of anilines is 4. The van der Waals surface area contributed by atoms with Crippen molar-refractivity contribution in [2.24, 2.45) is 4.36 Å². The molecule has 3 heterocycles. The third-order valence-electron chi connectivity index (χ3n) is 5.72. The van der Waals surface area contributed by atoms with Crippen molar-refractivity contribution < 1.29 is 4.21 Å². The van der Waals surface area contributed by atoms with Crippen molar-refractivity contribution in [2.75, 3.05) is 29.7 Å². The van der Waals surface area contributed by atoms with E-state index in [2.05, 4.69) is 53.5 Å². The molecule has 0 spiro atoms. The van der Waals surface area contributed by atoms with E-state index >= 15 is 0 Å². The van der Waals surface area contributed by atoms with Gasteiger partial charge in [-0.05, 0) is 72.7 Å². The first-order chi connectivity index (χ1) is 16.4. The third-order valence-corrected chi connectivity index (χ3v) is 6.35. The van der Waals surface area contributed by atoms with Gasteiger partial charge in [0.2, 0.25) is 5.95 Å². The molecule has 2 aliphatic rings. The Balaban J connectivity index is 1.43. The highest BCUT2D eigenvalue weighted by molar-refractivity contribution is 7.92. The lowest BCUT2D eigenvalue weighted by Crippen LogP contribution is -2.24. The van der Waals surface area contributed by atoms with E-state index in [9.17, 15) is 9.47 Å². The highest BCUT2D eigenvalue weighted by Crippen LogP contribution is 2.44. The summed E-state index contributed by atoms with van der Waals surface area (Å²) in [5, 5.41) is 19.4. The minimum Gasteiger partial charge on any atom is -0.324 e. The van der Waals surface area contributed by atoms with Crippen LogP contribution in [0.2, 0.25) is 0 Å². The molecule has 174 valence electrons. The van der Waals surface area contributed by atoms with Crippen LogP contribution in [0.3, 0.4) is 0 Å². The van der Waals surface area contributed by atoms with E-state index in [0.717, 1.165) is 25.2 Å². The fraction of sp³-hybridized carbons (Fsp3) is 0.333. The predicted molar refractivity (Wildman–Crippen MR) is 133 cm³/mol. The predicted octanol–water partition coefficient (Wildman–Crippen LogP) is 4.11. The van der Waals surface area contributed by atoms with Gasteiger partial charge < -0.3 is 16.0 Å². The van der Waals surface area contributed by atoms with Gasteiger partial charge in [0.25, 0.3) is 0 Å². The molecule has 2 aromatic heterocycles. The maximum atomic E-state index is 12.0. The highest BCUT2D eigenvalue weighted by Gasteiger charge is 2.28. The van der Waals surface area contributed by atoms with Crippen molar-refractivity contribution in [2.45, 2.75) is 31.7 Å². The number of benzene rings is 1.